The van der Waals surface area contributed by atoms with Gasteiger partial charge in [0.25, 0.3) is 0 Å². The minimum absolute atomic E-state index is 0.0859. The Hall–Kier alpha value is -1.64. The molecule has 0 fully saturated rings. The predicted molar refractivity (Wildman–Crippen MR) is 59.4 cm³/mol. The molecule has 0 N–H and O–H groups in total. The highest BCUT2D eigenvalue weighted by atomic mass is 16.5. The van der Waals surface area contributed by atoms with E-state index in [4.69, 9.17) is 0 Å². The number of methoxy groups -OCH3 is 1. The third kappa shape index (κ3) is 7.43. The minimum atomic E-state index is -0.515. The van der Waals surface area contributed by atoms with Crippen LogP contribution >= 0.6 is 0 Å². The summed E-state index contributed by atoms with van der Waals surface area (Å²) in [5, 5.41) is 0. The predicted octanol–water partition coefficient (Wildman–Crippen LogP) is 2.20. The number of esters is 1. The van der Waals surface area contributed by atoms with Crippen LogP contribution in [0, 0.1) is 0 Å². The van der Waals surface area contributed by atoms with E-state index in [1.165, 1.54) is 13.2 Å². The van der Waals surface area contributed by atoms with Crippen molar-refractivity contribution in [3.63, 3.8) is 0 Å². The van der Waals surface area contributed by atoms with Gasteiger partial charge in [-0.2, -0.15) is 0 Å². The fourth-order valence-corrected chi connectivity index (χ4v) is 0.904. The summed E-state index contributed by atoms with van der Waals surface area (Å²) in [5.41, 5.74) is 0.916. The number of ether oxygens (including phenoxy) is 1. The van der Waals surface area contributed by atoms with Crippen molar-refractivity contribution in [1.29, 1.82) is 0 Å². The highest BCUT2D eigenvalue weighted by molar-refractivity contribution is 5.95. The quantitative estimate of drug-likeness (QED) is 0.366. The van der Waals surface area contributed by atoms with Crippen molar-refractivity contribution in [3.05, 3.63) is 37.0 Å². The van der Waals surface area contributed by atoms with Crippen molar-refractivity contribution >= 4 is 11.8 Å². The first-order valence-electron chi connectivity index (χ1n) is 4.69. The molecule has 0 unspecified atom stereocenters. The molecule has 0 bridgehead atoms. The average molecular weight is 208 g/mol. The Morgan fingerprint density at radius 3 is 2.47 bits per heavy atom. The van der Waals surface area contributed by atoms with Crippen LogP contribution in [0.4, 0.5) is 0 Å². The Morgan fingerprint density at radius 1 is 1.27 bits per heavy atom. The Bertz CT molecular complexity index is 287. The Morgan fingerprint density at radius 2 is 1.93 bits per heavy atom. The monoisotopic (exact) mass is 208 g/mol. The molecule has 0 aliphatic rings. The van der Waals surface area contributed by atoms with Gasteiger partial charge >= 0.3 is 5.97 Å². The van der Waals surface area contributed by atoms with Gasteiger partial charge < -0.3 is 4.74 Å². The molecule has 0 saturated carbocycles. The second kappa shape index (κ2) is 7.74. The molecule has 82 valence electrons. The summed E-state index contributed by atoms with van der Waals surface area (Å²) in [7, 11) is 1.27. The van der Waals surface area contributed by atoms with Crippen LogP contribution in [-0.4, -0.2) is 18.9 Å². The zero-order valence-corrected chi connectivity index (χ0v) is 8.99. The van der Waals surface area contributed by atoms with E-state index in [1.54, 1.807) is 6.08 Å². The van der Waals surface area contributed by atoms with Gasteiger partial charge in [0, 0.05) is 12.5 Å². The summed E-state index contributed by atoms with van der Waals surface area (Å²) in [6, 6.07) is 0. The van der Waals surface area contributed by atoms with Crippen LogP contribution in [0.3, 0.4) is 0 Å². The van der Waals surface area contributed by atoms with Crippen LogP contribution in [0.25, 0.3) is 0 Å². The van der Waals surface area contributed by atoms with Gasteiger partial charge in [0.05, 0.1) is 7.11 Å². The van der Waals surface area contributed by atoms with Gasteiger partial charge in [0.2, 0.25) is 0 Å². The van der Waals surface area contributed by atoms with E-state index in [9.17, 15) is 9.59 Å². The molecule has 0 aromatic heterocycles. The number of carbonyl (C=O) groups excluding carboxylic acids is 2. The lowest BCUT2D eigenvalue weighted by Crippen LogP contribution is -1.98. The maximum atomic E-state index is 11.2. The van der Waals surface area contributed by atoms with Crippen LogP contribution < -0.4 is 0 Å². The molecule has 0 spiro atoms. The number of ketones is 1. The van der Waals surface area contributed by atoms with E-state index in [0.29, 0.717) is 6.42 Å². The summed E-state index contributed by atoms with van der Waals surface area (Å²) in [6.07, 6.45) is 5.92. The number of carbonyl (C=O) groups is 2. The Labute approximate surface area is 90.1 Å². The molecule has 0 radical (unpaired) electrons. The molecule has 0 aliphatic heterocycles. The van der Waals surface area contributed by atoms with Gasteiger partial charge in [-0.3, -0.25) is 4.79 Å². The summed E-state index contributed by atoms with van der Waals surface area (Å²) < 4.78 is 4.36. The highest BCUT2D eigenvalue weighted by Crippen LogP contribution is 2.06. The number of allylic oxidation sites excluding steroid dienone is 3. The maximum Gasteiger partial charge on any atom is 0.330 e. The second-order valence-corrected chi connectivity index (χ2v) is 3.04. The van der Waals surface area contributed by atoms with Crippen molar-refractivity contribution in [2.75, 3.05) is 7.11 Å². The summed E-state index contributed by atoms with van der Waals surface area (Å²) >= 11 is 0. The van der Waals surface area contributed by atoms with Crippen molar-refractivity contribution in [1.82, 2.24) is 0 Å². The van der Waals surface area contributed by atoms with Crippen LogP contribution in [-0.2, 0) is 14.3 Å². The average Bonchev–Trinajstić information content (AvgIpc) is 2.25. The molecule has 0 aromatic rings. The van der Waals surface area contributed by atoms with Gasteiger partial charge in [0.1, 0.15) is 0 Å². The first kappa shape index (κ1) is 13.4. The molecular weight excluding hydrogens is 192 g/mol. The summed E-state index contributed by atoms with van der Waals surface area (Å²) in [6.45, 7) is 7.31. The Kier molecular flexibility index (Phi) is 6.89. The van der Waals surface area contributed by atoms with Crippen LogP contribution in [0.2, 0.25) is 0 Å². The second-order valence-electron chi connectivity index (χ2n) is 3.04. The third-order valence-electron chi connectivity index (χ3n) is 1.82. The lowest BCUT2D eigenvalue weighted by Gasteiger charge is -1.97. The lowest BCUT2D eigenvalue weighted by molar-refractivity contribution is -0.135. The van der Waals surface area contributed by atoms with Gasteiger partial charge in [0.15, 0.2) is 5.78 Å². The SMILES string of the molecule is C=CC(=C)CCCC(=O)/C=C/C(=O)OC. The van der Waals surface area contributed by atoms with Crippen molar-refractivity contribution < 1.29 is 14.3 Å². The van der Waals surface area contributed by atoms with Crippen molar-refractivity contribution in [2.45, 2.75) is 19.3 Å². The Balaban J connectivity index is 3.75. The molecule has 0 heterocycles. The van der Waals surface area contributed by atoms with Gasteiger partial charge in [-0.05, 0) is 18.9 Å². The zero-order chi connectivity index (χ0) is 11.7. The van der Waals surface area contributed by atoms with E-state index in [2.05, 4.69) is 17.9 Å². The van der Waals surface area contributed by atoms with E-state index >= 15 is 0 Å². The molecule has 0 aliphatic carbocycles. The molecule has 0 amide bonds. The maximum absolute atomic E-state index is 11.2. The molecule has 0 aromatic carbocycles. The van der Waals surface area contributed by atoms with Gasteiger partial charge in [-0.15, -0.1) is 0 Å². The first-order chi connectivity index (χ1) is 7.10. The zero-order valence-electron chi connectivity index (χ0n) is 8.99. The van der Waals surface area contributed by atoms with E-state index in [-0.39, 0.29) is 5.78 Å². The van der Waals surface area contributed by atoms with Crippen LogP contribution in [0.5, 0.6) is 0 Å². The smallest absolute Gasteiger partial charge is 0.330 e. The van der Waals surface area contributed by atoms with E-state index in [1.807, 2.05) is 0 Å². The minimum Gasteiger partial charge on any atom is -0.466 e. The highest BCUT2D eigenvalue weighted by Gasteiger charge is 1.99. The standard InChI is InChI=1S/C12H16O3/c1-4-10(2)6-5-7-11(13)8-9-12(14)15-3/h4,8-9H,1-2,5-7H2,3H3/b9-8+. The number of hydrogen-bond donors (Lipinski definition) is 0. The molecule has 15 heavy (non-hydrogen) atoms. The summed E-state index contributed by atoms with van der Waals surface area (Å²) in [4.78, 5) is 21.8. The normalized spacial score (nSPS) is 9.93. The molecule has 0 saturated heterocycles. The van der Waals surface area contributed by atoms with Crippen molar-refractivity contribution in [2.24, 2.45) is 0 Å². The van der Waals surface area contributed by atoms with E-state index in [0.717, 1.165) is 24.5 Å². The molecule has 3 heteroatoms. The van der Waals surface area contributed by atoms with E-state index < -0.39 is 5.97 Å². The van der Waals surface area contributed by atoms with Crippen LogP contribution in [0.1, 0.15) is 19.3 Å². The first-order valence-corrected chi connectivity index (χ1v) is 4.69. The summed E-state index contributed by atoms with van der Waals surface area (Å²) in [5.74, 6) is -0.601. The van der Waals surface area contributed by atoms with Gasteiger partial charge in [-0.1, -0.05) is 24.8 Å². The third-order valence-corrected chi connectivity index (χ3v) is 1.82. The van der Waals surface area contributed by atoms with Crippen LogP contribution in [0.15, 0.2) is 37.0 Å². The largest absolute Gasteiger partial charge is 0.466 e. The fourth-order valence-electron chi connectivity index (χ4n) is 0.904. The lowest BCUT2D eigenvalue weighted by atomic mass is 10.1. The fraction of sp³-hybridized carbons (Fsp3) is 0.333. The molecule has 0 atom stereocenters. The van der Waals surface area contributed by atoms with Gasteiger partial charge in [-0.25, -0.2) is 4.79 Å². The number of hydrogen-bond acceptors (Lipinski definition) is 3. The molecule has 3 nitrogen and oxygen atoms in total. The molecule has 0 rings (SSSR count). The molecular formula is C12H16O3. The van der Waals surface area contributed by atoms with Crippen molar-refractivity contribution in [3.8, 4) is 0 Å². The number of rotatable bonds is 7. The topological polar surface area (TPSA) is 43.4 Å².